The molecule has 1 aromatic carbocycles. The molecule has 0 radical (unpaired) electrons. The molecule has 3 rings (SSSR count). The number of hydrogen-bond donors (Lipinski definition) is 1. The molecule has 0 amide bonds. The third-order valence-electron chi connectivity index (χ3n) is 3.47. The standard InChI is InChI=1S/C16H15ClN2O3S2/c1-3-12-8-15(22-18-12)11-6-16(23-9-11)24(20,21)19-13-5-4-10(2)14(17)7-13/h4-9,19H,3H2,1-2H3. The maximum atomic E-state index is 12.5. The van der Waals surface area contributed by atoms with Crippen molar-refractivity contribution in [2.45, 2.75) is 24.5 Å². The summed E-state index contributed by atoms with van der Waals surface area (Å²) in [6.07, 6.45) is 0.758. The predicted molar refractivity (Wildman–Crippen MR) is 96.2 cm³/mol. The van der Waals surface area contributed by atoms with Crippen molar-refractivity contribution >= 4 is 38.6 Å². The first-order chi connectivity index (χ1) is 11.4. The van der Waals surface area contributed by atoms with Crippen LogP contribution in [-0.2, 0) is 16.4 Å². The summed E-state index contributed by atoms with van der Waals surface area (Å²) in [7, 11) is -3.68. The second kappa shape index (κ2) is 6.58. The Balaban J connectivity index is 1.86. The first-order valence-corrected chi connectivity index (χ1v) is 9.96. The summed E-state index contributed by atoms with van der Waals surface area (Å²) in [5, 5.41) is 6.16. The maximum Gasteiger partial charge on any atom is 0.271 e. The summed E-state index contributed by atoms with van der Waals surface area (Å²) in [6, 6.07) is 8.42. The summed E-state index contributed by atoms with van der Waals surface area (Å²) < 4.78 is 33.0. The van der Waals surface area contributed by atoms with Crippen LogP contribution in [0.25, 0.3) is 11.3 Å². The molecule has 2 aromatic heterocycles. The molecule has 0 spiro atoms. The molecular weight excluding hydrogens is 368 g/mol. The number of halogens is 1. The summed E-state index contributed by atoms with van der Waals surface area (Å²) in [5.74, 6) is 0.558. The van der Waals surface area contributed by atoms with Gasteiger partial charge in [0, 0.05) is 22.0 Å². The van der Waals surface area contributed by atoms with E-state index in [0.717, 1.165) is 29.0 Å². The van der Waals surface area contributed by atoms with E-state index in [0.29, 0.717) is 22.0 Å². The number of thiophene rings is 1. The topological polar surface area (TPSA) is 72.2 Å². The molecule has 0 bridgehead atoms. The highest BCUT2D eigenvalue weighted by Crippen LogP contribution is 2.30. The first-order valence-electron chi connectivity index (χ1n) is 7.22. The summed E-state index contributed by atoms with van der Waals surface area (Å²) in [4.78, 5) is 0. The monoisotopic (exact) mass is 382 g/mol. The van der Waals surface area contributed by atoms with E-state index in [1.165, 1.54) is 0 Å². The SMILES string of the molecule is CCc1cc(-c2csc(S(=O)(=O)Nc3ccc(C)c(Cl)c3)c2)on1. The minimum atomic E-state index is -3.68. The minimum Gasteiger partial charge on any atom is -0.356 e. The highest BCUT2D eigenvalue weighted by atomic mass is 35.5. The zero-order chi connectivity index (χ0) is 17.3. The van der Waals surface area contributed by atoms with Gasteiger partial charge < -0.3 is 4.52 Å². The van der Waals surface area contributed by atoms with Gasteiger partial charge >= 0.3 is 0 Å². The van der Waals surface area contributed by atoms with Crippen molar-refractivity contribution in [3.05, 3.63) is 52.0 Å². The van der Waals surface area contributed by atoms with Crippen LogP contribution in [-0.4, -0.2) is 13.6 Å². The fraction of sp³-hybridized carbons (Fsp3) is 0.188. The number of rotatable bonds is 5. The lowest BCUT2D eigenvalue weighted by atomic mass is 10.2. The third-order valence-corrected chi connectivity index (χ3v) is 6.70. The highest BCUT2D eigenvalue weighted by Gasteiger charge is 2.19. The number of nitrogens with zero attached hydrogens (tertiary/aromatic N) is 1. The van der Waals surface area contributed by atoms with E-state index in [9.17, 15) is 8.42 Å². The lowest BCUT2D eigenvalue weighted by molar-refractivity contribution is 0.424. The normalized spacial score (nSPS) is 11.6. The van der Waals surface area contributed by atoms with Gasteiger partial charge in [-0.2, -0.15) is 0 Å². The predicted octanol–water partition coefficient (Wildman–Crippen LogP) is 4.73. The number of anilines is 1. The Morgan fingerprint density at radius 3 is 2.75 bits per heavy atom. The Morgan fingerprint density at radius 2 is 2.08 bits per heavy atom. The largest absolute Gasteiger partial charge is 0.356 e. The van der Waals surface area contributed by atoms with Gasteiger partial charge in [0.05, 0.1) is 11.4 Å². The number of aryl methyl sites for hydroxylation is 2. The fourth-order valence-electron chi connectivity index (χ4n) is 2.06. The van der Waals surface area contributed by atoms with Crippen LogP contribution in [0.3, 0.4) is 0 Å². The van der Waals surface area contributed by atoms with Crippen molar-refractivity contribution in [1.29, 1.82) is 0 Å². The van der Waals surface area contributed by atoms with Gasteiger partial charge in [0.15, 0.2) is 5.76 Å². The molecule has 0 atom stereocenters. The van der Waals surface area contributed by atoms with Gasteiger partial charge in [-0.25, -0.2) is 8.42 Å². The first kappa shape index (κ1) is 17.0. The van der Waals surface area contributed by atoms with Crippen LogP contribution in [0.5, 0.6) is 0 Å². The Morgan fingerprint density at radius 1 is 1.29 bits per heavy atom. The second-order valence-corrected chi connectivity index (χ2v) is 8.49. The summed E-state index contributed by atoms with van der Waals surface area (Å²) in [5.41, 5.74) is 2.83. The Hall–Kier alpha value is -1.83. The molecule has 24 heavy (non-hydrogen) atoms. The number of hydrogen-bond acceptors (Lipinski definition) is 5. The van der Waals surface area contributed by atoms with E-state index >= 15 is 0 Å². The van der Waals surface area contributed by atoms with E-state index in [1.807, 2.05) is 19.9 Å². The van der Waals surface area contributed by atoms with Crippen molar-refractivity contribution in [2.24, 2.45) is 0 Å². The van der Waals surface area contributed by atoms with Crippen molar-refractivity contribution in [3.63, 3.8) is 0 Å². The fourth-order valence-corrected chi connectivity index (χ4v) is 4.46. The zero-order valence-corrected chi connectivity index (χ0v) is 15.4. The van der Waals surface area contributed by atoms with Crippen LogP contribution in [0.4, 0.5) is 5.69 Å². The smallest absolute Gasteiger partial charge is 0.271 e. The van der Waals surface area contributed by atoms with Crippen LogP contribution >= 0.6 is 22.9 Å². The lowest BCUT2D eigenvalue weighted by Gasteiger charge is -2.07. The Labute approximate surface area is 149 Å². The van der Waals surface area contributed by atoms with E-state index in [-0.39, 0.29) is 4.21 Å². The van der Waals surface area contributed by atoms with Crippen LogP contribution in [0.1, 0.15) is 18.2 Å². The molecule has 5 nitrogen and oxygen atoms in total. The Bertz CT molecular complexity index is 977. The number of benzene rings is 1. The number of sulfonamides is 1. The van der Waals surface area contributed by atoms with Gasteiger partial charge in [-0.05, 0) is 37.1 Å². The van der Waals surface area contributed by atoms with E-state index < -0.39 is 10.0 Å². The molecule has 8 heteroatoms. The van der Waals surface area contributed by atoms with Gasteiger partial charge in [0.1, 0.15) is 4.21 Å². The Kier molecular flexibility index (Phi) is 4.67. The van der Waals surface area contributed by atoms with Crippen molar-refractivity contribution in [3.8, 4) is 11.3 Å². The van der Waals surface area contributed by atoms with Crippen molar-refractivity contribution in [1.82, 2.24) is 5.16 Å². The van der Waals surface area contributed by atoms with E-state index in [1.54, 1.807) is 29.6 Å². The molecule has 0 fully saturated rings. The molecular formula is C16H15ClN2O3S2. The quantitative estimate of drug-likeness (QED) is 0.692. The average Bonchev–Trinajstić information content (AvgIpc) is 3.19. The average molecular weight is 383 g/mol. The summed E-state index contributed by atoms with van der Waals surface area (Å²) in [6.45, 7) is 3.83. The third kappa shape index (κ3) is 3.48. The molecule has 0 saturated carbocycles. The molecule has 1 N–H and O–H groups in total. The second-order valence-electron chi connectivity index (χ2n) is 5.26. The van der Waals surface area contributed by atoms with Gasteiger partial charge in [0.25, 0.3) is 10.0 Å². The van der Waals surface area contributed by atoms with Crippen molar-refractivity contribution < 1.29 is 12.9 Å². The molecule has 2 heterocycles. The number of aromatic nitrogens is 1. The van der Waals surface area contributed by atoms with Gasteiger partial charge in [-0.3, -0.25) is 4.72 Å². The van der Waals surface area contributed by atoms with E-state index in [2.05, 4.69) is 9.88 Å². The maximum absolute atomic E-state index is 12.5. The lowest BCUT2D eigenvalue weighted by Crippen LogP contribution is -2.11. The molecule has 126 valence electrons. The van der Waals surface area contributed by atoms with Crippen molar-refractivity contribution in [2.75, 3.05) is 4.72 Å². The van der Waals surface area contributed by atoms with Crippen LogP contribution in [0.2, 0.25) is 5.02 Å². The minimum absolute atomic E-state index is 0.198. The highest BCUT2D eigenvalue weighted by molar-refractivity contribution is 7.94. The molecule has 0 unspecified atom stereocenters. The molecule has 0 aliphatic heterocycles. The van der Waals surface area contributed by atoms with Gasteiger partial charge in [-0.15, -0.1) is 11.3 Å². The van der Waals surface area contributed by atoms with Gasteiger partial charge in [-0.1, -0.05) is 29.7 Å². The summed E-state index contributed by atoms with van der Waals surface area (Å²) >= 11 is 7.16. The molecule has 3 aromatic rings. The molecule has 0 aliphatic carbocycles. The molecule has 0 aliphatic rings. The molecule has 0 saturated heterocycles. The van der Waals surface area contributed by atoms with Crippen LogP contribution in [0.15, 0.2) is 44.4 Å². The van der Waals surface area contributed by atoms with Crippen LogP contribution in [0, 0.1) is 6.92 Å². The van der Waals surface area contributed by atoms with Crippen LogP contribution < -0.4 is 4.72 Å². The number of nitrogens with one attached hydrogen (secondary N) is 1. The zero-order valence-electron chi connectivity index (χ0n) is 13.0. The van der Waals surface area contributed by atoms with E-state index in [4.69, 9.17) is 16.1 Å². The van der Waals surface area contributed by atoms with Gasteiger partial charge in [0.2, 0.25) is 0 Å².